The number of carbonyl (C=O) groups is 1. The van der Waals surface area contributed by atoms with Crippen LogP contribution in [0.25, 0.3) is 0 Å². The Hall–Kier alpha value is -1.75. The van der Waals surface area contributed by atoms with Crippen molar-refractivity contribution in [3.8, 4) is 0 Å². The van der Waals surface area contributed by atoms with E-state index in [-0.39, 0.29) is 11.9 Å². The van der Waals surface area contributed by atoms with Crippen LogP contribution in [0.15, 0.2) is 24.2 Å². The van der Waals surface area contributed by atoms with Crippen LogP contribution in [0.2, 0.25) is 0 Å². The summed E-state index contributed by atoms with van der Waals surface area (Å²) in [6.07, 6.45) is 12.8. The maximum atomic E-state index is 12.4. The minimum atomic E-state index is -0.113. The van der Waals surface area contributed by atoms with Crippen LogP contribution in [-0.4, -0.2) is 39.9 Å². The van der Waals surface area contributed by atoms with Crippen LogP contribution in [0.3, 0.4) is 0 Å². The molecule has 0 spiro atoms. The van der Waals surface area contributed by atoms with E-state index in [1.165, 1.54) is 36.8 Å². The second kappa shape index (κ2) is 7.68. The van der Waals surface area contributed by atoms with Gasteiger partial charge in [0.1, 0.15) is 6.33 Å². The standard InChI is InChI=1S/C18H26N4O/c1-14(18(23)20-9-7-15-5-3-2-4-6-15)22-10-8-16-11-19-13-21-17(16)12-22/h5,11,13-14H,2-4,6-10,12H2,1H3,(H,20,23)/t14-/m1/s1. The molecule has 5 nitrogen and oxygen atoms in total. The molecule has 2 aliphatic rings. The zero-order valence-electron chi connectivity index (χ0n) is 13.9. The third-order valence-corrected chi connectivity index (χ3v) is 4.96. The van der Waals surface area contributed by atoms with Gasteiger partial charge < -0.3 is 5.32 Å². The van der Waals surface area contributed by atoms with Crippen LogP contribution in [0, 0.1) is 0 Å². The Balaban J connectivity index is 1.47. The number of nitrogens with one attached hydrogen (secondary N) is 1. The van der Waals surface area contributed by atoms with Crippen molar-refractivity contribution in [1.82, 2.24) is 20.2 Å². The van der Waals surface area contributed by atoms with Crippen LogP contribution < -0.4 is 5.32 Å². The zero-order valence-corrected chi connectivity index (χ0v) is 13.9. The smallest absolute Gasteiger partial charge is 0.237 e. The van der Waals surface area contributed by atoms with Gasteiger partial charge in [0.25, 0.3) is 0 Å². The molecule has 3 rings (SSSR count). The second-order valence-electron chi connectivity index (χ2n) is 6.54. The van der Waals surface area contributed by atoms with Gasteiger partial charge in [0, 0.05) is 25.8 Å². The number of hydrogen-bond acceptors (Lipinski definition) is 4. The number of amides is 1. The molecule has 5 heteroatoms. The predicted octanol–water partition coefficient (Wildman–Crippen LogP) is 2.23. The first-order chi connectivity index (χ1) is 11.2. The molecule has 124 valence electrons. The number of allylic oxidation sites excluding steroid dienone is 1. The van der Waals surface area contributed by atoms with Gasteiger partial charge in [-0.15, -0.1) is 0 Å². The van der Waals surface area contributed by atoms with Gasteiger partial charge in [-0.1, -0.05) is 11.6 Å². The molecule has 2 heterocycles. The Labute approximate surface area is 138 Å². The van der Waals surface area contributed by atoms with E-state index in [9.17, 15) is 4.79 Å². The van der Waals surface area contributed by atoms with E-state index < -0.39 is 0 Å². The van der Waals surface area contributed by atoms with E-state index in [1.54, 1.807) is 6.33 Å². The molecule has 1 aliphatic heterocycles. The monoisotopic (exact) mass is 314 g/mol. The van der Waals surface area contributed by atoms with E-state index in [4.69, 9.17) is 0 Å². The maximum Gasteiger partial charge on any atom is 0.237 e. The highest BCUT2D eigenvalue weighted by Crippen LogP contribution is 2.20. The summed E-state index contributed by atoms with van der Waals surface area (Å²) in [5, 5.41) is 3.10. The molecule has 1 atom stereocenters. The summed E-state index contributed by atoms with van der Waals surface area (Å²) in [5.74, 6) is 0.124. The molecule has 1 amide bonds. The molecule has 0 saturated carbocycles. The van der Waals surface area contributed by atoms with Crippen LogP contribution in [0.5, 0.6) is 0 Å². The molecular formula is C18H26N4O. The SMILES string of the molecule is C[C@H](C(=O)NCCC1=CCCCC1)N1CCc2cncnc2C1. The van der Waals surface area contributed by atoms with Crippen molar-refractivity contribution in [2.75, 3.05) is 13.1 Å². The maximum absolute atomic E-state index is 12.4. The van der Waals surface area contributed by atoms with Crippen molar-refractivity contribution in [2.45, 2.75) is 58.0 Å². The van der Waals surface area contributed by atoms with E-state index >= 15 is 0 Å². The van der Waals surface area contributed by atoms with Crippen molar-refractivity contribution in [2.24, 2.45) is 0 Å². The lowest BCUT2D eigenvalue weighted by Gasteiger charge is -2.32. The van der Waals surface area contributed by atoms with Crippen LogP contribution in [0.1, 0.15) is 50.3 Å². The molecule has 1 aromatic rings. The summed E-state index contributed by atoms with van der Waals surface area (Å²) in [5.41, 5.74) is 3.77. The van der Waals surface area contributed by atoms with Crippen LogP contribution in [-0.2, 0) is 17.8 Å². The Bertz CT molecular complexity index is 584. The first kappa shape index (κ1) is 16.1. The number of rotatable bonds is 5. The topological polar surface area (TPSA) is 58.1 Å². The van der Waals surface area contributed by atoms with E-state index in [0.717, 1.165) is 38.2 Å². The quantitative estimate of drug-likeness (QED) is 0.847. The summed E-state index contributed by atoms with van der Waals surface area (Å²) < 4.78 is 0. The van der Waals surface area contributed by atoms with Crippen molar-refractivity contribution in [1.29, 1.82) is 0 Å². The van der Waals surface area contributed by atoms with E-state index in [2.05, 4.69) is 26.3 Å². The minimum absolute atomic E-state index is 0.113. The summed E-state index contributed by atoms with van der Waals surface area (Å²) in [6, 6.07) is -0.113. The van der Waals surface area contributed by atoms with Crippen LogP contribution in [0.4, 0.5) is 0 Å². The molecule has 0 radical (unpaired) electrons. The van der Waals surface area contributed by atoms with E-state index in [1.807, 2.05) is 13.1 Å². The molecule has 23 heavy (non-hydrogen) atoms. The molecular weight excluding hydrogens is 288 g/mol. The average Bonchev–Trinajstić information content (AvgIpc) is 2.61. The molecule has 0 bridgehead atoms. The highest BCUT2D eigenvalue weighted by atomic mass is 16.2. The fourth-order valence-corrected chi connectivity index (χ4v) is 3.39. The van der Waals surface area contributed by atoms with Crippen molar-refractivity contribution in [3.05, 3.63) is 35.4 Å². The second-order valence-corrected chi connectivity index (χ2v) is 6.54. The lowest BCUT2D eigenvalue weighted by Crippen LogP contribution is -2.47. The fourth-order valence-electron chi connectivity index (χ4n) is 3.39. The van der Waals surface area contributed by atoms with Gasteiger partial charge in [0.05, 0.1) is 11.7 Å². The van der Waals surface area contributed by atoms with Crippen molar-refractivity contribution in [3.63, 3.8) is 0 Å². The number of fused-ring (bicyclic) bond motifs is 1. The Morgan fingerprint density at radius 2 is 2.30 bits per heavy atom. The largest absolute Gasteiger partial charge is 0.354 e. The number of aromatic nitrogens is 2. The Morgan fingerprint density at radius 3 is 3.13 bits per heavy atom. The van der Waals surface area contributed by atoms with Gasteiger partial charge in [0.2, 0.25) is 5.91 Å². The third kappa shape index (κ3) is 4.16. The first-order valence-electron chi connectivity index (χ1n) is 8.71. The Kier molecular flexibility index (Phi) is 5.39. The highest BCUT2D eigenvalue weighted by molar-refractivity contribution is 5.81. The number of carbonyl (C=O) groups excluding carboxylic acids is 1. The van der Waals surface area contributed by atoms with Crippen molar-refractivity contribution >= 4 is 5.91 Å². The minimum Gasteiger partial charge on any atom is -0.354 e. The third-order valence-electron chi connectivity index (χ3n) is 4.96. The summed E-state index contributed by atoms with van der Waals surface area (Å²) in [7, 11) is 0. The number of hydrogen-bond donors (Lipinski definition) is 1. The molecule has 1 N–H and O–H groups in total. The van der Waals surface area contributed by atoms with E-state index in [0.29, 0.717) is 0 Å². The molecule has 0 aromatic carbocycles. The predicted molar refractivity (Wildman–Crippen MR) is 89.8 cm³/mol. The molecule has 0 unspecified atom stereocenters. The first-order valence-corrected chi connectivity index (χ1v) is 8.71. The summed E-state index contributed by atoms with van der Waals surface area (Å²) in [6.45, 7) is 4.36. The van der Waals surface area contributed by atoms with Gasteiger partial charge in [-0.05, 0) is 51.0 Å². The van der Waals surface area contributed by atoms with Gasteiger partial charge >= 0.3 is 0 Å². The van der Waals surface area contributed by atoms with Crippen molar-refractivity contribution < 1.29 is 4.79 Å². The van der Waals surface area contributed by atoms with Gasteiger partial charge in [-0.25, -0.2) is 9.97 Å². The molecule has 0 saturated heterocycles. The van der Waals surface area contributed by atoms with Crippen LogP contribution >= 0.6 is 0 Å². The highest BCUT2D eigenvalue weighted by Gasteiger charge is 2.25. The lowest BCUT2D eigenvalue weighted by molar-refractivity contribution is -0.126. The molecule has 1 aromatic heterocycles. The normalized spacial score (nSPS) is 19.6. The molecule has 0 fully saturated rings. The lowest BCUT2D eigenvalue weighted by atomic mass is 9.97. The average molecular weight is 314 g/mol. The zero-order chi connectivity index (χ0) is 16.1. The summed E-state index contributed by atoms with van der Waals surface area (Å²) in [4.78, 5) is 23.0. The molecule has 1 aliphatic carbocycles. The summed E-state index contributed by atoms with van der Waals surface area (Å²) >= 11 is 0. The van der Waals surface area contributed by atoms with Gasteiger partial charge in [-0.2, -0.15) is 0 Å². The Morgan fingerprint density at radius 1 is 1.39 bits per heavy atom. The van der Waals surface area contributed by atoms with Gasteiger partial charge in [-0.3, -0.25) is 9.69 Å². The van der Waals surface area contributed by atoms with Gasteiger partial charge in [0.15, 0.2) is 0 Å². The number of nitrogens with zero attached hydrogens (tertiary/aromatic N) is 3. The fraction of sp³-hybridized carbons (Fsp3) is 0.611.